The summed E-state index contributed by atoms with van der Waals surface area (Å²) >= 11 is 0. The molecule has 2 aromatic rings. The van der Waals surface area contributed by atoms with Crippen LogP contribution in [0.1, 0.15) is 18.9 Å². The molecule has 0 spiro atoms. The molecule has 7 nitrogen and oxygen atoms in total. The van der Waals surface area contributed by atoms with Crippen molar-refractivity contribution in [2.45, 2.75) is 19.9 Å². The predicted molar refractivity (Wildman–Crippen MR) is 114 cm³/mol. The number of para-hydroxylation sites is 1. The first-order chi connectivity index (χ1) is 14.5. The van der Waals surface area contributed by atoms with E-state index in [2.05, 4.69) is 0 Å². The minimum atomic E-state index is -0.419. The molecule has 0 radical (unpaired) electrons. The van der Waals surface area contributed by atoms with Crippen molar-refractivity contribution in [2.75, 3.05) is 39.3 Å². The highest BCUT2D eigenvalue weighted by molar-refractivity contribution is 6.01. The fraction of sp³-hybridized carbons (Fsp3) is 0.391. The van der Waals surface area contributed by atoms with Crippen molar-refractivity contribution in [3.8, 4) is 17.2 Å². The van der Waals surface area contributed by atoms with Crippen LogP contribution in [0.4, 0.5) is 5.69 Å². The Kier molecular flexibility index (Phi) is 6.82. The van der Waals surface area contributed by atoms with Crippen molar-refractivity contribution < 1.29 is 23.8 Å². The lowest BCUT2D eigenvalue weighted by Crippen LogP contribution is -2.34. The zero-order chi connectivity index (χ0) is 21.7. The van der Waals surface area contributed by atoms with Crippen molar-refractivity contribution in [2.24, 2.45) is 5.92 Å². The average molecular weight is 412 g/mol. The smallest absolute Gasteiger partial charge is 0.228 e. The van der Waals surface area contributed by atoms with Crippen molar-refractivity contribution >= 4 is 17.5 Å². The number of amides is 2. The van der Waals surface area contributed by atoms with Crippen LogP contribution in [0.3, 0.4) is 0 Å². The Morgan fingerprint density at radius 1 is 1.13 bits per heavy atom. The van der Waals surface area contributed by atoms with E-state index in [0.29, 0.717) is 36.9 Å². The van der Waals surface area contributed by atoms with Crippen LogP contribution in [0.5, 0.6) is 17.2 Å². The molecule has 1 aliphatic rings. The molecule has 0 saturated carbocycles. The fourth-order valence-corrected chi connectivity index (χ4v) is 3.69. The maximum Gasteiger partial charge on any atom is 0.228 e. The monoisotopic (exact) mass is 412 g/mol. The summed E-state index contributed by atoms with van der Waals surface area (Å²) in [4.78, 5) is 29.0. The molecule has 1 saturated heterocycles. The molecule has 2 amide bonds. The van der Waals surface area contributed by atoms with Crippen LogP contribution < -0.4 is 19.1 Å². The summed E-state index contributed by atoms with van der Waals surface area (Å²) in [6, 6.07) is 13.0. The summed E-state index contributed by atoms with van der Waals surface area (Å²) in [5.41, 5.74) is 1.55. The number of carbonyl (C=O) groups is 2. The van der Waals surface area contributed by atoms with Gasteiger partial charge in [0.1, 0.15) is 17.2 Å². The van der Waals surface area contributed by atoms with E-state index in [9.17, 15) is 9.59 Å². The Balaban J connectivity index is 1.74. The number of hydrogen-bond donors (Lipinski definition) is 0. The van der Waals surface area contributed by atoms with Gasteiger partial charge >= 0.3 is 0 Å². The minimum Gasteiger partial charge on any atom is -0.497 e. The summed E-state index contributed by atoms with van der Waals surface area (Å²) in [6.45, 7) is 3.21. The van der Waals surface area contributed by atoms with Gasteiger partial charge in [-0.2, -0.15) is 0 Å². The maximum atomic E-state index is 13.1. The van der Waals surface area contributed by atoms with E-state index in [4.69, 9.17) is 14.2 Å². The van der Waals surface area contributed by atoms with Crippen LogP contribution in [0.15, 0.2) is 42.5 Å². The van der Waals surface area contributed by atoms with Gasteiger partial charge in [-0.15, -0.1) is 0 Å². The van der Waals surface area contributed by atoms with Crippen LogP contribution >= 0.6 is 0 Å². The molecule has 160 valence electrons. The highest BCUT2D eigenvalue weighted by Crippen LogP contribution is 2.36. The first-order valence-electron chi connectivity index (χ1n) is 9.96. The number of methoxy groups -OCH3 is 2. The van der Waals surface area contributed by atoms with Crippen LogP contribution in [-0.4, -0.2) is 51.1 Å². The fourth-order valence-electron chi connectivity index (χ4n) is 3.69. The Morgan fingerprint density at radius 2 is 1.90 bits per heavy atom. The van der Waals surface area contributed by atoms with Gasteiger partial charge in [-0.3, -0.25) is 9.59 Å². The Hall–Kier alpha value is -3.22. The number of ether oxygens (including phenoxy) is 3. The van der Waals surface area contributed by atoms with E-state index in [1.165, 1.54) is 0 Å². The summed E-state index contributed by atoms with van der Waals surface area (Å²) in [5, 5.41) is 0. The highest BCUT2D eigenvalue weighted by atomic mass is 16.5. The molecule has 0 bridgehead atoms. The van der Waals surface area contributed by atoms with Gasteiger partial charge in [0.05, 0.1) is 32.4 Å². The number of benzene rings is 2. The third-order valence-corrected chi connectivity index (χ3v) is 5.21. The molecule has 30 heavy (non-hydrogen) atoms. The second-order valence-corrected chi connectivity index (χ2v) is 7.18. The van der Waals surface area contributed by atoms with Gasteiger partial charge in [0.25, 0.3) is 0 Å². The van der Waals surface area contributed by atoms with Crippen LogP contribution in [0.2, 0.25) is 0 Å². The predicted octanol–water partition coefficient (Wildman–Crippen LogP) is 3.11. The van der Waals surface area contributed by atoms with Gasteiger partial charge in [-0.05, 0) is 25.1 Å². The zero-order valence-corrected chi connectivity index (χ0v) is 17.9. The van der Waals surface area contributed by atoms with Gasteiger partial charge in [0, 0.05) is 38.2 Å². The van der Waals surface area contributed by atoms with Crippen LogP contribution in [0, 0.1) is 5.92 Å². The summed E-state index contributed by atoms with van der Waals surface area (Å²) in [5.74, 6) is 1.36. The third-order valence-electron chi connectivity index (χ3n) is 5.21. The van der Waals surface area contributed by atoms with E-state index in [-0.39, 0.29) is 18.2 Å². The molecule has 2 aromatic carbocycles. The van der Waals surface area contributed by atoms with Crippen molar-refractivity contribution in [3.05, 3.63) is 48.0 Å². The second-order valence-electron chi connectivity index (χ2n) is 7.18. The third kappa shape index (κ3) is 4.50. The van der Waals surface area contributed by atoms with E-state index in [1.807, 2.05) is 31.2 Å². The van der Waals surface area contributed by atoms with Gasteiger partial charge < -0.3 is 24.0 Å². The number of anilines is 1. The van der Waals surface area contributed by atoms with E-state index >= 15 is 0 Å². The molecule has 1 heterocycles. The maximum absolute atomic E-state index is 13.1. The number of carbonyl (C=O) groups excluding carboxylic acids is 2. The molecule has 0 aromatic heterocycles. The largest absolute Gasteiger partial charge is 0.497 e. The van der Waals surface area contributed by atoms with E-state index in [0.717, 1.165) is 11.3 Å². The summed E-state index contributed by atoms with van der Waals surface area (Å²) in [7, 11) is 4.88. The van der Waals surface area contributed by atoms with Gasteiger partial charge in [-0.1, -0.05) is 18.2 Å². The normalized spacial score (nSPS) is 15.8. The first-order valence-corrected chi connectivity index (χ1v) is 9.96. The molecular weight excluding hydrogens is 384 g/mol. The van der Waals surface area contributed by atoms with E-state index in [1.54, 1.807) is 49.3 Å². The number of rotatable bonds is 8. The van der Waals surface area contributed by atoms with Crippen molar-refractivity contribution in [1.82, 2.24) is 4.90 Å². The zero-order valence-electron chi connectivity index (χ0n) is 17.9. The van der Waals surface area contributed by atoms with Crippen LogP contribution in [0.25, 0.3) is 0 Å². The highest BCUT2D eigenvalue weighted by Gasteiger charge is 2.37. The Labute approximate surface area is 177 Å². The molecule has 1 aliphatic heterocycles. The molecule has 3 rings (SSSR count). The Bertz CT molecular complexity index is 914. The topological polar surface area (TPSA) is 68.3 Å². The molecular formula is C23H28N2O5. The quantitative estimate of drug-likeness (QED) is 0.666. The van der Waals surface area contributed by atoms with Gasteiger partial charge in [0.15, 0.2) is 0 Å². The Morgan fingerprint density at radius 3 is 2.60 bits per heavy atom. The number of hydrogen-bond acceptors (Lipinski definition) is 5. The van der Waals surface area contributed by atoms with Gasteiger partial charge in [0.2, 0.25) is 11.8 Å². The molecule has 1 fully saturated rings. The van der Waals surface area contributed by atoms with Crippen molar-refractivity contribution in [1.29, 1.82) is 0 Å². The molecule has 1 atom stereocenters. The lowest BCUT2D eigenvalue weighted by atomic mass is 10.1. The molecule has 1 unspecified atom stereocenters. The average Bonchev–Trinajstić information content (AvgIpc) is 3.15. The first kappa shape index (κ1) is 21.5. The lowest BCUT2D eigenvalue weighted by Gasteiger charge is -2.23. The second kappa shape index (κ2) is 9.52. The SMILES string of the molecule is CCOc1ccccc1CN(C)C(=O)C1CC(=O)N(c2cc(OC)ccc2OC)C1. The van der Waals surface area contributed by atoms with Crippen molar-refractivity contribution in [3.63, 3.8) is 0 Å². The number of nitrogens with zero attached hydrogens (tertiary/aromatic N) is 2. The summed E-state index contributed by atoms with van der Waals surface area (Å²) < 4.78 is 16.3. The molecule has 0 aliphatic carbocycles. The van der Waals surface area contributed by atoms with E-state index < -0.39 is 5.92 Å². The standard InChI is InChI=1S/C23H28N2O5/c1-5-30-20-9-7-6-8-16(20)14-24(2)23(27)17-12-22(26)25(15-17)19-13-18(28-3)10-11-21(19)29-4/h6-11,13,17H,5,12,14-15H2,1-4H3. The molecule has 0 N–H and O–H groups in total. The lowest BCUT2D eigenvalue weighted by molar-refractivity contribution is -0.135. The van der Waals surface area contributed by atoms with Crippen LogP contribution in [-0.2, 0) is 16.1 Å². The summed E-state index contributed by atoms with van der Waals surface area (Å²) in [6.07, 6.45) is 0.163. The van der Waals surface area contributed by atoms with Gasteiger partial charge in [-0.25, -0.2) is 0 Å². The molecule has 7 heteroatoms. The minimum absolute atomic E-state index is 0.0704.